The topological polar surface area (TPSA) is 56.7 Å². The smallest absolute Gasteiger partial charge is 0.166 e. The van der Waals surface area contributed by atoms with E-state index in [1.165, 1.54) is 33.0 Å². The van der Waals surface area contributed by atoms with Crippen LogP contribution in [0, 0.1) is 0 Å². The molecule has 0 N–H and O–H groups in total. The Labute approximate surface area is 375 Å². The van der Waals surface area contributed by atoms with Gasteiger partial charge >= 0.3 is 0 Å². The third-order valence-electron chi connectivity index (χ3n) is 13.2. The number of hydrogen-bond acceptors (Lipinski definition) is 4. The Balaban J connectivity index is 1.06. The van der Waals surface area contributed by atoms with Crippen molar-refractivity contribution in [1.82, 2.24) is 19.5 Å². The molecule has 0 fully saturated rings. The molecule has 65 heavy (non-hydrogen) atoms. The lowest BCUT2D eigenvalue weighted by molar-refractivity contribution is 0.631. The minimum Gasteiger partial charge on any atom is -0.456 e. The average molecular weight is 831 g/mol. The van der Waals surface area contributed by atoms with Crippen molar-refractivity contribution >= 4 is 32.8 Å². The molecular weight excluding hydrogens is 793 g/mol. The summed E-state index contributed by atoms with van der Waals surface area (Å²) in [4.78, 5) is 16.3. The third-order valence-corrected chi connectivity index (χ3v) is 13.2. The molecule has 0 spiro atoms. The van der Waals surface area contributed by atoms with Crippen LogP contribution < -0.4 is 0 Å². The fraction of sp³-hybridized carbons (Fsp3) is 0.0167. The predicted octanol–water partition coefficient (Wildman–Crippen LogP) is 14.7. The Bertz CT molecular complexity index is 3650. The molecule has 1 aliphatic rings. The summed E-state index contributed by atoms with van der Waals surface area (Å²) in [6.45, 7) is 0. The summed E-state index contributed by atoms with van der Waals surface area (Å²) in [6, 6.07) is 81.5. The molecule has 0 saturated carbocycles. The normalized spacial score (nSPS) is 12.7. The summed E-state index contributed by atoms with van der Waals surface area (Å²) >= 11 is 0. The van der Waals surface area contributed by atoms with E-state index in [2.05, 4.69) is 217 Å². The van der Waals surface area contributed by atoms with Gasteiger partial charge in [-0.3, -0.25) is 0 Å². The highest BCUT2D eigenvalue weighted by molar-refractivity contribution is 6.09. The first-order valence-corrected chi connectivity index (χ1v) is 22.0. The highest BCUT2D eigenvalue weighted by atomic mass is 16.3. The van der Waals surface area contributed by atoms with E-state index in [4.69, 9.17) is 19.4 Å². The van der Waals surface area contributed by atoms with E-state index in [-0.39, 0.29) is 0 Å². The third kappa shape index (κ3) is 5.69. The molecule has 0 radical (unpaired) electrons. The summed E-state index contributed by atoms with van der Waals surface area (Å²) in [5.74, 6) is 2.59. The van der Waals surface area contributed by atoms with Gasteiger partial charge in [-0.05, 0) is 69.8 Å². The van der Waals surface area contributed by atoms with Crippen LogP contribution in [0.15, 0.2) is 235 Å². The summed E-state index contributed by atoms with van der Waals surface area (Å²) in [6.07, 6.45) is 0. The number of nitrogens with zero attached hydrogens (tertiary/aromatic N) is 4. The van der Waals surface area contributed by atoms with Crippen molar-refractivity contribution in [2.45, 2.75) is 5.41 Å². The van der Waals surface area contributed by atoms with E-state index in [9.17, 15) is 0 Å². The van der Waals surface area contributed by atoms with Crippen LogP contribution in [0.5, 0.6) is 0 Å². The number of aromatic nitrogens is 4. The van der Waals surface area contributed by atoms with Crippen LogP contribution in [0.25, 0.3) is 95.1 Å². The first kappa shape index (κ1) is 36.9. The van der Waals surface area contributed by atoms with Crippen LogP contribution in [0.3, 0.4) is 0 Å². The lowest BCUT2D eigenvalue weighted by atomic mass is 9.67. The summed E-state index contributed by atoms with van der Waals surface area (Å²) in [7, 11) is 0. The molecule has 0 atom stereocenters. The Morgan fingerprint density at radius 2 is 0.908 bits per heavy atom. The minimum atomic E-state index is -0.571. The maximum atomic E-state index is 6.27. The van der Waals surface area contributed by atoms with Gasteiger partial charge < -0.3 is 8.98 Å². The maximum Gasteiger partial charge on any atom is 0.166 e. The van der Waals surface area contributed by atoms with E-state index in [0.29, 0.717) is 17.5 Å². The van der Waals surface area contributed by atoms with Crippen LogP contribution in [0.1, 0.15) is 22.3 Å². The molecule has 12 aromatic rings. The number of benzene rings is 9. The highest BCUT2D eigenvalue weighted by Gasteiger charge is 2.47. The first-order chi connectivity index (χ1) is 32.2. The standard InChI is InChI=1S/C60H38N4O/c1-3-19-42(20-4-1)60(43-21-5-2-6-22-43)49-28-12-8-25-46(49)56-48(27-17-29-50(56)60)59-62-57(40-36-34-39(35-37-40)55-38-41-18-7-16-33-54(41)65-55)61-58(63-59)47-26-11-15-32-53(47)64-51-30-13-9-23-44(51)45-24-10-14-31-52(45)64/h1-38H. The Kier molecular flexibility index (Phi) is 8.36. The van der Waals surface area contributed by atoms with E-state index in [1.54, 1.807) is 0 Å². The van der Waals surface area contributed by atoms with Gasteiger partial charge in [-0.25, -0.2) is 15.0 Å². The van der Waals surface area contributed by atoms with E-state index in [1.807, 2.05) is 18.2 Å². The molecule has 3 heterocycles. The second-order valence-electron chi connectivity index (χ2n) is 16.7. The van der Waals surface area contributed by atoms with Crippen LogP contribution in [0.2, 0.25) is 0 Å². The zero-order chi connectivity index (χ0) is 42.9. The average Bonchev–Trinajstić information content (AvgIpc) is 4.06. The maximum absolute atomic E-state index is 6.27. The molecule has 0 unspecified atom stereocenters. The van der Waals surface area contributed by atoms with E-state index >= 15 is 0 Å². The molecule has 1 aliphatic carbocycles. The second kappa shape index (κ2) is 14.7. The molecule has 0 saturated heterocycles. The Morgan fingerprint density at radius 3 is 1.62 bits per heavy atom. The number of fused-ring (bicyclic) bond motifs is 7. The van der Waals surface area contributed by atoms with Gasteiger partial charge in [0, 0.05) is 38.4 Å². The van der Waals surface area contributed by atoms with Crippen molar-refractivity contribution < 1.29 is 4.42 Å². The Hall–Kier alpha value is -8.67. The van der Waals surface area contributed by atoms with Crippen LogP contribution in [-0.2, 0) is 5.41 Å². The monoisotopic (exact) mass is 830 g/mol. The molecule has 9 aromatic carbocycles. The predicted molar refractivity (Wildman–Crippen MR) is 263 cm³/mol. The summed E-state index contributed by atoms with van der Waals surface area (Å²) in [5.41, 5.74) is 14.3. The number of rotatable bonds is 7. The quantitative estimate of drug-likeness (QED) is 0.161. The number of furan rings is 1. The molecule has 13 rings (SSSR count). The first-order valence-electron chi connectivity index (χ1n) is 22.0. The van der Waals surface area contributed by atoms with E-state index in [0.717, 1.165) is 66.8 Å². The van der Waals surface area contributed by atoms with Gasteiger partial charge in [0.1, 0.15) is 11.3 Å². The fourth-order valence-electron chi connectivity index (χ4n) is 10.4. The van der Waals surface area contributed by atoms with Crippen molar-refractivity contribution in [2.75, 3.05) is 0 Å². The molecule has 3 aromatic heterocycles. The van der Waals surface area contributed by atoms with Gasteiger partial charge in [0.05, 0.1) is 22.1 Å². The van der Waals surface area contributed by atoms with Crippen molar-refractivity contribution in [2.24, 2.45) is 0 Å². The molecule has 0 aliphatic heterocycles. The van der Waals surface area contributed by atoms with Crippen LogP contribution in [0.4, 0.5) is 0 Å². The highest BCUT2D eigenvalue weighted by Crippen LogP contribution is 2.58. The van der Waals surface area contributed by atoms with Crippen LogP contribution >= 0.6 is 0 Å². The SMILES string of the molecule is c1ccc(C2(c3ccccc3)c3ccccc3-c3c(-c4nc(-c5ccc(-c6cc7ccccc7o6)cc5)nc(-c5ccccc5-n5c6ccccc6c6ccccc65)n4)cccc32)cc1. The van der Waals surface area contributed by atoms with Crippen molar-refractivity contribution in [3.8, 4) is 62.3 Å². The summed E-state index contributed by atoms with van der Waals surface area (Å²) in [5, 5.41) is 3.46. The lowest BCUT2D eigenvalue weighted by Crippen LogP contribution is -2.28. The van der Waals surface area contributed by atoms with Gasteiger partial charge in [0.15, 0.2) is 17.5 Å². The second-order valence-corrected chi connectivity index (χ2v) is 16.7. The molecule has 0 amide bonds. The van der Waals surface area contributed by atoms with Gasteiger partial charge in [-0.2, -0.15) is 0 Å². The zero-order valence-corrected chi connectivity index (χ0v) is 35.1. The zero-order valence-electron chi connectivity index (χ0n) is 35.1. The van der Waals surface area contributed by atoms with E-state index < -0.39 is 5.41 Å². The largest absolute Gasteiger partial charge is 0.456 e. The molecule has 304 valence electrons. The number of para-hydroxylation sites is 4. The summed E-state index contributed by atoms with van der Waals surface area (Å²) < 4.78 is 8.61. The van der Waals surface area contributed by atoms with Crippen LogP contribution in [-0.4, -0.2) is 19.5 Å². The Morgan fingerprint density at radius 1 is 0.385 bits per heavy atom. The fourth-order valence-corrected chi connectivity index (χ4v) is 10.4. The minimum absolute atomic E-state index is 0.571. The molecular formula is C60H38N4O. The van der Waals surface area contributed by atoms with Crippen molar-refractivity contribution in [1.29, 1.82) is 0 Å². The molecule has 5 nitrogen and oxygen atoms in total. The van der Waals surface area contributed by atoms with Crippen molar-refractivity contribution in [3.05, 3.63) is 253 Å². The van der Waals surface area contributed by atoms with Gasteiger partial charge in [-0.15, -0.1) is 0 Å². The van der Waals surface area contributed by atoms with Crippen molar-refractivity contribution in [3.63, 3.8) is 0 Å². The molecule has 5 heteroatoms. The van der Waals surface area contributed by atoms with Gasteiger partial charge in [0.2, 0.25) is 0 Å². The molecule has 0 bridgehead atoms. The lowest BCUT2D eigenvalue weighted by Gasteiger charge is -2.33. The van der Waals surface area contributed by atoms with Gasteiger partial charge in [0.25, 0.3) is 0 Å². The van der Waals surface area contributed by atoms with Gasteiger partial charge in [-0.1, -0.05) is 194 Å². The number of hydrogen-bond donors (Lipinski definition) is 0.